The summed E-state index contributed by atoms with van der Waals surface area (Å²) in [6.45, 7) is 3.04. The average molecular weight is 353 g/mol. The van der Waals surface area contributed by atoms with Crippen molar-refractivity contribution in [1.82, 2.24) is 5.32 Å². The Hall–Kier alpha value is -2.33. The summed E-state index contributed by atoms with van der Waals surface area (Å²) in [5.74, 6) is 0.417. The second-order valence-electron chi connectivity index (χ2n) is 6.68. The highest BCUT2D eigenvalue weighted by Crippen LogP contribution is 2.25. The van der Waals surface area contributed by atoms with Crippen molar-refractivity contribution in [2.24, 2.45) is 0 Å². The molecular formula is C22H27NO3. The number of aryl methyl sites for hydroxylation is 1. The van der Waals surface area contributed by atoms with Crippen molar-refractivity contribution in [2.75, 3.05) is 13.2 Å². The molecule has 2 aromatic rings. The third-order valence-electron chi connectivity index (χ3n) is 4.74. The lowest BCUT2D eigenvalue weighted by molar-refractivity contribution is -0.145. The Morgan fingerprint density at radius 1 is 1.15 bits per heavy atom. The van der Waals surface area contributed by atoms with Crippen molar-refractivity contribution in [3.63, 3.8) is 0 Å². The fraction of sp³-hybridized carbons (Fsp3) is 0.409. The van der Waals surface area contributed by atoms with E-state index < -0.39 is 0 Å². The van der Waals surface area contributed by atoms with E-state index in [1.807, 2.05) is 12.1 Å². The van der Waals surface area contributed by atoms with Crippen LogP contribution in [-0.2, 0) is 28.9 Å². The number of hydrogen-bond donors (Lipinski definition) is 1. The van der Waals surface area contributed by atoms with Crippen LogP contribution in [0.1, 0.15) is 36.5 Å². The van der Waals surface area contributed by atoms with E-state index in [2.05, 4.69) is 41.7 Å². The quantitative estimate of drug-likeness (QED) is 0.609. The second kappa shape index (κ2) is 9.39. The number of carbonyl (C=O) groups excluding carboxylic acids is 1. The molecule has 1 aliphatic carbocycles. The standard InChI is InChI=1S/C22H27NO3/c1-2-25-22(24)16-26-21-12-11-19-13-20(10-6-9-18(19)14-21)23-15-17-7-4-3-5-8-17/h3-5,7-8,11-12,14,20,23H,2,6,9-10,13,15-16H2,1H3. The molecule has 0 saturated heterocycles. The number of fused-ring (bicyclic) bond motifs is 1. The second-order valence-corrected chi connectivity index (χ2v) is 6.68. The molecule has 0 aliphatic heterocycles. The van der Waals surface area contributed by atoms with Crippen LogP contribution in [0, 0.1) is 0 Å². The number of carbonyl (C=O) groups is 1. The number of ether oxygens (including phenoxy) is 2. The van der Waals surface area contributed by atoms with E-state index in [0.717, 1.165) is 31.6 Å². The first-order chi connectivity index (χ1) is 12.7. The van der Waals surface area contributed by atoms with Crippen molar-refractivity contribution in [2.45, 2.75) is 45.2 Å². The minimum absolute atomic E-state index is 0.0338. The summed E-state index contributed by atoms with van der Waals surface area (Å²) in [5.41, 5.74) is 4.02. The van der Waals surface area contributed by atoms with Gasteiger partial charge in [-0.05, 0) is 61.4 Å². The molecule has 0 heterocycles. The molecule has 26 heavy (non-hydrogen) atoms. The molecule has 1 aliphatic rings. The van der Waals surface area contributed by atoms with Crippen LogP contribution in [0.5, 0.6) is 5.75 Å². The third-order valence-corrected chi connectivity index (χ3v) is 4.74. The van der Waals surface area contributed by atoms with Crippen LogP contribution in [0.2, 0.25) is 0 Å². The summed E-state index contributed by atoms with van der Waals surface area (Å²) in [6.07, 6.45) is 4.40. The first kappa shape index (κ1) is 18.5. The van der Waals surface area contributed by atoms with Crippen LogP contribution >= 0.6 is 0 Å². The number of rotatable bonds is 7. The predicted molar refractivity (Wildman–Crippen MR) is 102 cm³/mol. The fourth-order valence-electron chi connectivity index (χ4n) is 3.41. The van der Waals surface area contributed by atoms with Gasteiger partial charge in [0, 0.05) is 12.6 Å². The Bertz CT molecular complexity index is 715. The van der Waals surface area contributed by atoms with E-state index in [1.54, 1.807) is 6.92 Å². The predicted octanol–water partition coefficient (Wildman–Crippen LogP) is 3.67. The first-order valence-electron chi connectivity index (χ1n) is 9.42. The summed E-state index contributed by atoms with van der Waals surface area (Å²) in [5, 5.41) is 3.70. The summed E-state index contributed by atoms with van der Waals surface area (Å²) in [7, 11) is 0. The minimum atomic E-state index is -0.326. The molecule has 0 aromatic heterocycles. The Labute approximate surface area is 155 Å². The maximum absolute atomic E-state index is 11.4. The average Bonchev–Trinajstić information content (AvgIpc) is 2.87. The fourth-order valence-corrected chi connectivity index (χ4v) is 3.41. The van der Waals surface area contributed by atoms with Crippen LogP contribution in [0.4, 0.5) is 0 Å². The van der Waals surface area contributed by atoms with E-state index in [9.17, 15) is 4.79 Å². The topological polar surface area (TPSA) is 47.6 Å². The van der Waals surface area contributed by atoms with Crippen LogP contribution < -0.4 is 10.1 Å². The molecule has 1 unspecified atom stereocenters. The monoisotopic (exact) mass is 353 g/mol. The number of nitrogens with one attached hydrogen (secondary N) is 1. The molecule has 0 radical (unpaired) electrons. The van der Waals surface area contributed by atoms with Crippen LogP contribution in [0.3, 0.4) is 0 Å². The molecule has 2 aromatic carbocycles. The van der Waals surface area contributed by atoms with Gasteiger partial charge in [-0.15, -0.1) is 0 Å². The molecule has 0 saturated carbocycles. The lowest BCUT2D eigenvalue weighted by Crippen LogP contribution is -2.30. The maximum atomic E-state index is 11.4. The van der Waals surface area contributed by atoms with Crippen molar-refractivity contribution < 1.29 is 14.3 Å². The lowest BCUT2D eigenvalue weighted by atomic mass is 10.0. The van der Waals surface area contributed by atoms with E-state index in [-0.39, 0.29) is 12.6 Å². The highest BCUT2D eigenvalue weighted by atomic mass is 16.6. The summed E-state index contributed by atoms with van der Waals surface area (Å²) in [4.78, 5) is 11.4. The van der Waals surface area contributed by atoms with Crippen molar-refractivity contribution >= 4 is 5.97 Å². The summed E-state index contributed by atoms with van der Waals surface area (Å²) < 4.78 is 10.5. The Kier molecular flexibility index (Phi) is 6.67. The van der Waals surface area contributed by atoms with Crippen LogP contribution in [0.15, 0.2) is 48.5 Å². The molecule has 3 rings (SSSR count). The van der Waals surface area contributed by atoms with Crippen LogP contribution in [0.25, 0.3) is 0 Å². The van der Waals surface area contributed by atoms with Gasteiger partial charge < -0.3 is 14.8 Å². The Morgan fingerprint density at radius 2 is 2.00 bits per heavy atom. The molecular weight excluding hydrogens is 326 g/mol. The normalized spacial score (nSPS) is 16.4. The molecule has 0 amide bonds. The van der Waals surface area contributed by atoms with Gasteiger partial charge in [-0.2, -0.15) is 0 Å². The SMILES string of the molecule is CCOC(=O)COc1ccc2c(c1)CCCC(NCc1ccccc1)C2. The van der Waals surface area contributed by atoms with Crippen molar-refractivity contribution in [1.29, 1.82) is 0 Å². The minimum Gasteiger partial charge on any atom is -0.482 e. The largest absolute Gasteiger partial charge is 0.482 e. The van der Waals surface area contributed by atoms with E-state index in [4.69, 9.17) is 9.47 Å². The van der Waals surface area contributed by atoms with Crippen LogP contribution in [-0.4, -0.2) is 25.2 Å². The molecule has 0 spiro atoms. The zero-order valence-corrected chi connectivity index (χ0v) is 15.4. The van der Waals surface area contributed by atoms with E-state index in [0.29, 0.717) is 12.6 Å². The smallest absolute Gasteiger partial charge is 0.344 e. The Morgan fingerprint density at radius 3 is 2.81 bits per heavy atom. The summed E-state index contributed by atoms with van der Waals surface area (Å²) in [6, 6.07) is 17.2. The highest BCUT2D eigenvalue weighted by molar-refractivity contribution is 5.71. The number of esters is 1. The number of hydrogen-bond acceptors (Lipinski definition) is 4. The molecule has 1 atom stereocenters. The maximum Gasteiger partial charge on any atom is 0.344 e. The summed E-state index contributed by atoms with van der Waals surface area (Å²) >= 11 is 0. The first-order valence-corrected chi connectivity index (χ1v) is 9.42. The van der Waals surface area contributed by atoms with E-state index >= 15 is 0 Å². The molecule has 0 fully saturated rings. The zero-order chi connectivity index (χ0) is 18.2. The van der Waals surface area contributed by atoms with Crippen molar-refractivity contribution in [3.05, 3.63) is 65.2 Å². The molecule has 138 valence electrons. The Balaban J connectivity index is 1.57. The molecule has 4 heteroatoms. The lowest BCUT2D eigenvalue weighted by Gasteiger charge is -2.17. The molecule has 1 N–H and O–H groups in total. The third kappa shape index (κ3) is 5.33. The molecule has 0 bridgehead atoms. The van der Waals surface area contributed by atoms with Gasteiger partial charge in [-0.3, -0.25) is 0 Å². The van der Waals surface area contributed by atoms with Gasteiger partial charge in [0.25, 0.3) is 0 Å². The van der Waals surface area contributed by atoms with Gasteiger partial charge in [0.15, 0.2) is 6.61 Å². The van der Waals surface area contributed by atoms with Gasteiger partial charge in [0.05, 0.1) is 6.61 Å². The van der Waals surface area contributed by atoms with Gasteiger partial charge in [0.1, 0.15) is 5.75 Å². The van der Waals surface area contributed by atoms with Gasteiger partial charge in [-0.1, -0.05) is 36.4 Å². The highest BCUT2D eigenvalue weighted by Gasteiger charge is 2.17. The van der Waals surface area contributed by atoms with Gasteiger partial charge in [-0.25, -0.2) is 4.79 Å². The zero-order valence-electron chi connectivity index (χ0n) is 15.4. The number of benzene rings is 2. The van der Waals surface area contributed by atoms with Gasteiger partial charge >= 0.3 is 5.97 Å². The van der Waals surface area contributed by atoms with Crippen molar-refractivity contribution in [3.8, 4) is 5.75 Å². The van der Waals surface area contributed by atoms with Gasteiger partial charge in [0.2, 0.25) is 0 Å². The van der Waals surface area contributed by atoms with E-state index in [1.165, 1.54) is 23.1 Å². The molecule has 4 nitrogen and oxygen atoms in total.